The van der Waals surface area contributed by atoms with Crippen molar-refractivity contribution in [2.75, 3.05) is 13.2 Å². The van der Waals surface area contributed by atoms with Crippen LogP contribution in [0.5, 0.6) is 5.88 Å². The van der Waals surface area contributed by atoms with Gasteiger partial charge in [0.15, 0.2) is 0 Å². The van der Waals surface area contributed by atoms with Crippen LogP contribution in [0.3, 0.4) is 0 Å². The number of halogens is 4. The highest BCUT2D eigenvalue weighted by molar-refractivity contribution is 7.92. The lowest BCUT2D eigenvalue weighted by Crippen LogP contribution is -2.25. The zero-order valence-electron chi connectivity index (χ0n) is 22.3. The lowest BCUT2D eigenvalue weighted by molar-refractivity contribution is 0.0121. The van der Waals surface area contributed by atoms with Crippen molar-refractivity contribution in [2.45, 2.75) is 43.3 Å². The highest BCUT2D eigenvalue weighted by Crippen LogP contribution is 2.34. The molecule has 1 aliphatic rings. The molecule has 42 heavy (non-hydrogen) atoms. The van der Waals surface area contributed by atoms with E-state index in [1.54, 1.807) is 25.1 Å². The quantitative estimate of drug-likeness (QED) is 0.297. The molecule has 4 heterocycles. The van der Waals surface area contributed by atoms with E-state index in [2.05, 4.69) is 20.3 Å². The van der Waals surface area contributed by atoms with Crippen LogP contribution < -0.4 is 10.1 Å². The Morgan fingerprint density at radius 3 is 2.69 bits per heavy atom. The molecule has 0 unspecified atom stereocenters. The van der Waals surface area contributed by atoms with Gasteiger partial charge in [-0.1, -0.05) is 0 Å². The fourth-order valence-electron chi connectivity index (χ4n) is 4.32. The Hall–Kier alpha value is -4.17. The van der Waals surface area contributed by atoms with Crippen molar-refractivity contribution in [1.29, 1.82) is 0 Å². The minimum atomic E-state index is -4.55. The van der Waals surface area contributed by atoms with Gasteiger partial charge in [0, 0.05) is 29.6 Å². The number of carbonyl (C=O) groups excluding carboxylic acids is 1. The predicted molar refractivity (Wildman–Crippen MR) is 143 cm³/mol. The molecule has 1 amide bonds. The van der Waals surface area contributed by atoms with Crippen LogP contribution in [-0.2, 0) is 33.6 Å². The molecule has 1 atom stereocenters. The van der Waals surface area contributed by atoms with Crippen LogP contribution >= 0.6 is 0 Å². The summed E-state index contributed by atoms with van der Waals surface area (Å²) >= 11 is 0. The summed E-state index contributed by atoms with van der Waals surface area (Å²) in [4.78, 5) is 25.0. The largest absolute Gasteiger partial charge is 0.477 e. The van der Waals surface area contributed by atoms with E-state index < -0.39 is 56.8 Å². The van der Waals surface area contributed by atoms with E-state index in [9.17, 15) is 30.8 Å². The molecule has 3 aromatic heterocycles. The van der Waals surface area contributed by atoms with E-state index in [0.29, 0.717) is 27.9 Å². The average Bonchev–Trinajstić information content (AvgIpc) is 3.06. The number of sulfone groups is 1. The number of hydrogen-bond donors (Lipinski definition) is 1. The van der Waals surface area contributed by atoms with Gasteiger partial charge in [-0.05, 0) is 49.4 Å². The van der Waals surface area contributed by atoms with Crippen LogP contribution in [0.2, 0.25) is 0 Å². The van der Waals surface area contributed by atoms with Crippen molar-refractivity contribution in [2.24, 2.45) is 0 Å². The number of pyridine rings is 3. The summed E-state index contributed by atoms with van der Waals surface area (Å²) in [6.45, 7) is 1.31. The molecule has 0 fully saturated rings. The van der Waals surface area contributed by atoms with Gasteiger partial charge in [-0.15, -0.1) is 0 Å². The Labute approximate surface area is 237 Å². The van der Waals surface area contributed by atoms with Gasteiger partial charge >= 0.3 is 0 Å². The number of aromatic nitrogens is 3. The molecule has 4 aromatic rings. The van der Waals surface area contributed by atoms with Crippen molar-refractivity contribution in [1.82, 2.24) is 20.3 Å². The number of amides is 1. The van der Waals surface area contributed by atoms with Crippen LogP contribution in [0.4, 0.5) is 17.6 Å². The third-order valence-corrected chi connectivity index (χ3v) is 8.27. The Kier molecular flexibility index (Phi) is 7.86. The van der Waals surface area contributed by atoms with E-state index in [4.69, 9.17) is 9.47 Å². The Morgan fingerprint density at radius 1 is 1.17 bits per heavy atom. The smallest absolute Gasteiger partial charge is 0.287 e. The van der Waals surface area contributed by atoms with Gasteiger partial charge in [-0.2, -0.15) is 8.78 Å². The Balaban J connectivity index is 1.40. The van der Waals surface area contributed by atoms with E-state index in [1.807, 2.05) is 0 Å². The minimum Gasteiger partial charge on any atom is -0.477 e. The summed E-state index contributed by atoms with van der Waals surface area (Å²) in [5, 5.41) is 3.19. The van der Waals surface area contributed by atoms with E-state index in [0.717, 1.165) is 19.1 Å². The first-order valence-electron chi connectivity index (χ1n) is 12.7. The van der Waals surface area contributed by atoms with E-state index in [1.165, 1.54) is 18.3 Å². The lowest BCUT2D eigenvalue weighted by atomic mass is 10.1. The average molecular weight is 605 g/mol. The van der Waals surface area contributed by atoms with Crippen LogP contribution in [0, 0.1) is 5.82 Å². The summed E-state index contributed by atoms with van der Waals surface area (Å²) in [6.07, 6.45) is 1.52. The monoisotopic (exact) mass is 604 g/mol. The summed E-state index contributed by atoms with van der Waals surface area (Å²) in [6, 6.07) is 9.43. The number of nitrogens with zero attached hydrogens (tertiary/aromatic N) is 3. The highest BCUT2D eigenvalue weighted by atomic mass is 32.2. The molecule has 9 nitrogen and oxygen atoms in total. The van der Waals surface area contributed by atoms with Gasteiger partial charge in [0.25, 0.3) is 11.8 Å². The van der Waals surface area contributed by atoms with Crippen molar-refractivity contribution in [3.8, 4) is 17.1 Å². The molecule has 0 bridgehead atoms. The van der Waals surface area contributed by atoms with Gasteiger partial charge in [0.2, 0.25) is 21.2 Å². The molecule has 0 aliphatic carbocycles. The number of alkyl halides is 3. The summed E-state index contributed by atoms with van der Waals surface area (Å²) in [5.41, 5.74) is -1.85. The van der Waals surface area contributed by atoms with Gasteiger partial charge in [-0.3, -0.25) is 9.78 Å². The molecule has 14 heteroatoms. The van der Waals surface area contributed by atoms with Crippen LogP contribution in [0.1, 0.15) is 41.2 Å². The first kappa shape index (κ1) is 29.3. The Bertz CT molecular complexity index is 1800. The third kappa shape index (κ3) is 5.77. The molecular formula is C28H24F4N4O5S. The van der Waals surface area contributed by atoms with Gasteiger partial charge < -0.3 is 14.8 Å². The highest BCUT2D eigenvalue weighted by Gasteiger charge is 2.35. The first-order chi connectivity index (χ1) is 19.9. The molecule has 1 N–H and O–H groups in total. The lowest BCUT2D eigenvalue weighted by Gasteiger charge is -2.14. The SMILES string of the molecule is CCOc1nc(C(C)(F)F)ccc1-c1ccc2cnc(CNC(=O)c3cc(F)c4c(c3)S(=O)(=O)[C@@H](F)COC4)cc2n1. The molecule has 0 saturated carbocycles. The van der Waals surface area contributed by atoms with Gasteiger partial charge in [0.1, 0.15) is 11.5 Å². The molecular weight excluding hydrogens is 580 g/mol. The maximum atomic E-state index is 14.7. The number of fused-ring (bicyclic) bond motifs is 2. The standard InChI is InChI=1S/C28H24F4N4O5S/c1-3-41-27-18(5-7-24(36-27)28(2,31)32)21-6-4-15-11-33-17(10-22(15)35-21)12-34-26(37)16-8-20(29)19-13-40-14-25(30)42(38,39)23(19)9-16/h4-11,25H,3,12-14H2,1-2H3,(H,34,37)/t25-/m1/s1. The van der Waals surface area contributed by atoms with Crippen molar-refractivity contribution < 1.29 is 40.2 Å². The second-order valence-corrected chi connectivity index (χ2v) is 11.6. The number of carbonyl (C=O) groups is 1. The second-order valence-electron chi connectivity index (χ2n) is 9.52. The minimum absolute atomic E-state index is 0.00515. The number of benzene rings is 1. The third-order valence-electron chi connectivity index (χ3n) is 6.48. The van der Waals surface area contributed by atoms with Crippen molar-refractivity contribution in [3.05, 3.63) is 77.0 Å². The number of nitrogens with one attached hydrogen (secondary N) is 1. The number of rotatable bonds is 7. The van der Waals surface area contributed by atoms with Gasteiger partial charge in [0.05, 0.1) is 53.7 Å². The summed E-state index contributed by atoms with van der Waals surface area (Å²) in [5.74, 6) is -4.97. The first-order valence-corrected chi connectivity index (χ1v) is 14.3. The van der Waals surface area contributed by atoms with E-state index in [-0.39, 0.29) is 30.2 Å². The molecule has 1 aromatic carbocycles. The zero-order valence-corrected chi connectivity index (χ0v) is 23.1. The predicted octanol–water partition coefficient (Wildman–Crippen LogP) is 4.87. The number of hydrogen-bond acceptors (Lipinski definition) is 8. The van der Waals surface area contributed by atoms with Gasteiger partial charge in [-0.25, -0.2) is 27.2 Å². The fourth-order valence-corrected chi connectivity index (χ4v) is 5.66. The molecule has 0 radical (unpaired) electrons. The van der Waals surface area contributed by atoms with Crippen molar-refractivity contribution in [3.63, 3.8) is 0 Å². The number of ether oxygens (including phenoxy) is 2. The summed E-state index contributed by atoms with van der Waals surface area (Å²) < 4.78 is 91.9. The normalized spacial score (nSPS) is 16.5. The summed E-state index contributed by atoms with van der Waals surface area (Å²) in [7, 11) is -4.55. The molecule has 220 valence electrons. The molecule has 0 spiro atoms. The van der Waals surface area contributed by atoms with Crippen LogP contribution in [-0.4, -0.2) is 48.0 Å². The second kappa shape index (κ2) is 11.2. The van der Waals surface area contributed by atoms with Crippen LogP contribution in [0.25, 0.3) is 22.2 Å². The molecule has 0 saturated heterocycles. The van der Waals surface area contributed by atoms with Crippen LogP contribution in [0.15, 0.2) is 53.6 Å². The topological polar surface area (TPSA) is 120 Å². The molecule has 5 rings (SSSR count). The van der Waals surface area contributed by atoms with E-state index >= 15 is 0 Å². The maximum absolute atomic E-state index is 14.7. The van der Waals surface area contributed by atoms with Crippen molar-refractivity contribution >= 4 is 26.6 Å². The fraction of sp³-hybridized carbons (Fsp3) is 0.286. The maximum Gasteiger partial charge on any atom is 0.287 e. The zero-order chi connectivity index (χ0) is 30.2. The molecule has 1 aliphatic heterocycles. The Morgan fingerprint density at radius 2 is 1.95 bits per heavy atom.